The molecule has 0 aliphatic carbocycles. The van der Waals surface area contributed by atoms with Crippen LogP contribution in [-0.4, -0.2) is 87.5 Å². The van der Waals surface area contributed by atoms with E-state index in [1.165, 1.54) is 141 Å². The van der Waals surface area contributed by atoms with Crippen molar-refractivity contribution in [3.05, 3.63) is 85.1 Å². The fourth-order valence-corrected chi connectivity index (χ4v) is 8.33. The van der Waals surface area contributed by atoms with Crippen LogP contribution in [0.1, 0.15) is 226 Å². The van der Waals surface area contributed by atoms with Crippen molar-refractivity contribution in [3.63, 3.8) is 0 Å². The molecule has 0 aromatic carbocycles. The smallest absolute Gasteiger partial charge is 0.220 e. The second kappa shape index (κ2) is 48.0. The van der Waals surface area contributed by atoms with Crippen LogP contribution < -0.4 is 5.32 Å². The molecule has 1 fully saturated rings. The zero-order valence-corrected chi connectivity index (χ0v) is 43.3. The normalized spacial score (nSPS) is 20.2. The topological polar surface area (TPSA) is 149 Å². The van der Waals surface area contributed by atoms with Crippen LogP contribution in [0.3, 0.4) is 0 Å². The van der Waals surface area contributed by atoms with Gasteiger partial charge in [0.25, 0.3) is 0 Å². The second-order valence-corrected chi connectivity index (χ2v) is 19.0. The monoisotopic (exact) mass is 954 g/mol. The third-order valence-electron chi connectivity index (χ3n) is 12.7. The third kappa shape index (κ3) is 37.2. The summed E-state index contributed by atoms with van der Waals surface area (Å²) in [6.45, 7) is 3.62. The highest BCUT2D eigenvalue weighted by Gasteiger charge is 2.44. The van der Waals surface area contributed by atoms with Crippen molar-refractivity contribution < 1.29 is 39.8 Å². The van der Waals surface area contributed by atoms with E-state index in [2.05, 4.69) is 92.1 Å². The molecule has 68 heavy (non-hydrogen) atoms. The molecular weight excluding hydrogens is 851 g/mol. The van der Waals surface area contributed by atoms with E-state index in [1.54, 1.807) is 6.08 Å². The molecule has 0 radical (unpaired) electrons. The Kier molecular flexibility index (Phi) is 44.8. The third-order valence-corrected chi connectivity index (χ3v) is 12.7. The number of unbranched alkanes of at least 4 members (excludes halogenated alkanes) is 24. The molecule has 1 aliphatic heterocycles. The number of hydrogen-bond donors (Lipinski definition) is 6. The lowest BCUT2D eigenvalue weighted by Gasteiger charge is -2.40. The first kappa shape index (κ1) is 63.4. The summed E-state index contributed by atoms with van der Waals surface area (Å²) in [6.07, 6.45) is 60.9. The first-order chi connectivity index (χ1) is 33.3. The number of amides is 1. The number of nitrogens with one attached hydrogen (secondary N) is 1. The highest BCUT2D eigenvalue weighted by molar-refractivity contribution is 5.76. The molecule has 9 heteroatoms. The Bertz CT molecular complexity index is 1340. The average molecular weight is 954 g/mol. The maximum atomic E-state index is 13.0. The van der Waals surface area contributed by atoms with Crippen molar-refractivity contribution >= 4 is 5.91 Å². The minimum atomic E-state index is -1.59. The summed E-state index contributed by atoms with van der Waals surface area (Å²) in [4.78, 5) is 13.0. The van der Waals surface area contributed by atoms with E-state index in [-0.39, 0.29) is 18.9 Å². The van der Waals surface area contributed by atoms with Gasteiger partial charge in [0.05, 0.1) is 25.4 Å². The Morgan fingerprint density at radius 2 is 0.926 bits per heavy atom. The van der Waals surface area contributed by atoms with Gasteiger partial charge < -0.3 is 40.3 Å². The molecule has 1 rings (SSSR count). The second-order valence-electron chi connectivity index (χ2n) is 19.0. The summed E-state index contributed by atoms with van der Waals surface area (Å²) >= 11 is 0. The fraction of sp³-hybridized carbons (Fsp3) is 0.746. The summed E-state index contributed by atoms with van der Waals surface area (Å²) in [5, 5.41) is 54.3. The van der Waals surface area contributed by atoms with Gasteiger partial charge in [-0.1, -0.05) is 234 Å². The van der Waals surface area contributed by atoms with E-state index in [1.807, 2.05) is 6.08 Å². The highest BCUT2D eigenvalue weighted by Crippen LogP contribution is 2.23. The minimum Gasteiger partial charge on any atom is -0.394 e. The summed E-state index contributed by atoms with van der Waals surface area (Å²) in [6, 6.07) is -0.857. The Balaban J connectivity index is 2.28. The standard InChI is InChI=1S/C59H103NO8/c1-3-5-7-9-11-13-15-17-19-21-22-23-24-25-26-27-28-29-30-31-33-34-36-38-40-42-44-46-48-53(62)52(51-67-59-58(66)57(65)56(64)54(50-61)68-59)60-55(63)49-47-45-43-41-39-37-35-32-20-18-16-14-12-10-8-6-4-2/h6,8,12,14,18,20,35,37-38,40-41,43,46,48,52-54,56-59,61-62,64-66H,3-5,7,9-11,13,15-17,19,21-34,36,39,42,44-45,47,49-51H2,1-2H3,(H,60,63)/b8-6-,14-12-,20-18-,37-35-,40-38+,43-41-,48-46+. The van der Waals surface area contributed by atoms with E-state index >= 15 is 0 Å². The first-order valence-electron chi connectivity index (χ1n) is 27.8. The van der Waals surface area contributed by atoms with E-state index < -0.39 is 49.5 Å². The van der Waals surface area contributed by atoms with Gasteiger partial charge in [0.1, 0.15) is 24.4 Å². The van der Waals surface area contributed by atoms with Crippen LogP contribution in [0.15, 0.2) is 85.1 Å². The number of aliphatic hydroxyl groups is 5. The Hall–Kier alpha value is -2.63. The molecule has 9 nitrogen and oxygen atoms in total. The number of allylic oxidation sites excluding steroid dienone is 13. The van der Waals surface area contributed by atoms with E-state index in [4.69, 9.17) is 9.47 Å². The van der Waals surface area contributed by atoms with Gasteiger partial charge in [-0.2, -0.15) is 0 Å². The molecule has 0 saturated carbocycles. The zero-order valence-electron chi connectivity index (χ0n) is 43.3. The summed E-state index contributed by atoms with van der Waals surface area (Å²) < 4.78 is 11.2. The number of hydrogen-bond acceptors (Lipinski definition) is 8. The Morgan fingerprint density at radius 3 is 1.41 bits per heavy atom. The number of carbonyl (C=O) groups excluding carboxylic acids is 1. The van der Waals surface area contributed by atoms with Gasteiger partial charge in [0.15, 0.2) is 6.29 Å². The average Bonchev–Trinajstić information content (AvgIpc) is 3.34. The SMILES string of the molecule is CC/C=C\C/C=C\C/C=C\C/C=C\C/C=C\CCCC(=O)NC(COC1OC(CO)C(O)C(O)C1O)C(O)/C=C/CC/C=C/CCCCCCCCCCCCCCCCCCCCCCCC. The van der Waals surface area contributed by atoms with Gasteiger partial charge in [0.2, 0.25) is 5.91 Å². The fourth-order valence-electron chi connectivity index (χ4n) is 8.33. The lowest BCUT2D eigenvalue weighted by atomic mass is 9.99. The van der Waals surface area contributed by atoms with Gasteiger partial charge in [-0.15, -0.1) is 0 Å². The largest absolute Gasteiger partial charge is 0.394 e. The van der Waals surface area contributed by atoms with Crippen molar-refractivity contribution in [2.75, 3.05) is 13.2 Å². The lowest BCUT2D eigenvalue weighted by molar-refractivity contribution is -0.302. The molecule has 0 aromatic heterocycles. The molecule has 0 bridgehead atoms. The van der Waals surface area contributed by atoms with Crippen molar-refractivity contribution in [2.24, 2.45) is 0 Å². The molecule has 1 saturated heterocycles. The first-order valence-corrected chi connectivity index (χ1v) is 27.8. The molecule has 1 heterocycles. The van der Waals surface area contributed by atoms with Crippen molar-refractivity contribution in [1.29, 1.82) is 0 Å². The van der Waals surface area contributed by atoms with Crippen molar-refractivity contribution in [3.8, 4) is 0 Å². The van der Waals surface area contributed by atoms with Gasteiger partial charge in [-0.3, -0.25) is 4.79 Å². The molecule has 0 spiro atoms. The summed E-state index contributed by atoms with van der Waals surface area (Å²) in [5.74, 6) is -0.245. The minimum absolute atomic E-state index is 0.228. The van der Waals surface area contributed by atoms with Crippen LogP contribution in [0, 0.1) is 0 Å². The molecule has 6 N–H and O–H groups in total. The van der Waals surface area contributed by atoms with Gasteiger partial charge in [-0.25, -0.2) is 0 Å². The highest BCUT2D eigenvalue weighted by atomic mass is 16.7. The predicted molar refractivity (Wildman–Crippen MR) is 285 cm³/mol. The lowest BCUT2D eigenvalue weighted by Crippen LogP contribution is -2.60. The maximum Gasteiger partial charge on any atom is 0.220 e. The summed E-state index contributed by atoms with van der Waals surface area (Å²) in [5.41, 5.74) is 0. The van der Waals surface area contributed by atoms with Crippen LogP contribution in [0.5, 0.6) is 0 Å². The molecule has 392 valence electrons. The van der Waals surface area contributed by atoms with Gasteiger partial charge in [0, 0.05) is 6.42 Å². The van der Waals surface area contributed by atoms with Crippen molar-refractivity contribution in [1.82, 2.24) is 5.32 Å². The Labute approximate surface area is 416 Å². The Morgan fingerprint density at radius 1 is 0.515 bits per heavy atom. The van der Waals surface area contributed by atoms with E-state index in [9.17, 15) is 30.3 Å². The van der Waals surface area contributed by atoms with Crippen LogP contribution in [-0.2, 0) is 14.3 Å². The predicted octanol–water partition coefficient (Wildman–Crippen LogP) is 13.5. The van der Waals surface area contributed by atoms with Gasteiger partial charge >= 0.3 is 0 Å². The maximum absolute atomic E-state index is 13.0. The number of rotatable bonds is 46. The molecule has 0 aromatic rings. The zero-order chi connectivity index (χ0) is 49.4. The van der Waals surface area contributed by atoms with E-state index in [0.717, 1.165) is 57.8 Å². The van der Waals surface area contributed by atoms with E-state index in [0.29, 0.717) is 6.42 Å². The summed E-state index contributed by atoms with van der Waals surface area (Å²) in [7, 11) is 0. The van der Waals surface area contributed by atoms with Crippen LogP contribution in [0.2, 0.25) is 0 Å². The van der Waals surface area contributed by atoms with Crippen molar-refractivity contribution in [2.45, 2.75) is 269 Å². The molecular formula is C59H103NO8. The molecule has 1 amide bonds. The number of carbonyl (C=O) groups is 1. The van der Waals surface area contributed by atoms with Gasteiger partial charge in [-0.05, 0) is 70.6 Å². The molecule has 7 atom stereocenters. The quantitative estimate of drug-likeness (QED) is 0.0261. The van der Waals surface area contributed by atoms with Crippen LogP contribution in [0.25, 0.3) is 0 Å². The number of ether oxygens (including phenoxy) is 2. The molecule has 1 aliphatic rings. The van der Waals surface area contributed by atoms with Crippen LogP contribution >= 0.6 is 0 Å². The van der Waals surface area contributed by atoms with Crippen LogP contribution in [0.4, 0.5) is 0 Å². The number of aliphatic hydroxyl groups excluding tert-OH is 5. The molecule has 7 unspecified atom stereocenters.